The molecule has 1 rings (SSSR count). The highest BCUT2D eigenvalue weighted by atomic mass is 32.2. The second-order valence-corrected chi connectivity index (χ2v) is 5.30. The van der Waals surface area contributed by atoms with Crippen molar-refractivity contribution in [3.63, 3.8) is 0 Å². The highest BCUT2D eigenvalue weighted by molar-refractivity contribution is 7.87. The summed E-state index contributed by atoms with van der Waals surface area (Å²) in [5.74, 6) is 0. The lowest BCUT2D eigenvalue weighted by molar-refractivity contribution is 0.244. The van der Waals surface area contributed by atoms with Crippen LogP contribution in [0.3, 0.4) is 0 Å². The Bertz CT molecular complexity index is 281. The largest absolute Gasteiger partial charge is 0.394 e. The summed E-state index contributed by atoms with van der Waals surface area (Å²) in [6.07, 6.45) is 1.45. The van der Waals surface area contributed by atoms with Gasteiger partial charge in [-0.3, -0.25) is 0 Å². The number of hydrogen-bond donors (Lipinski definition) is 2. The van der Waals surface area contributed by atoms with Gasteiger partial charge in [-0.15, -0.1) is 0 Å². The number of aliphatic hydroxyl groups excluding tert-OH is 1. The number of aliphatic hydroxyl groups is 1. The van der Waals surface area contributed by atoms with Crippen LogP contribution in [0.2, 0.25) is 0 Å². The van der Waals surface area contributed by atoms with E-state index in [1.54, 1.807) is 13.8 Å². The van der Waals surface area contributed by atoms with E-state index in [1.807, 2.05) is 0 Å². The minimum absolute atomic E-state index is 0.118. The van der Waals surface area contributed by atoms with Crippen LogP contribution in [0, 0.1) is 0 Å². The van der Waals surface area contributed by atoms with Gasteiger partial charge in [0.1, 0.15) is 0 Å². The van der Waals surface area contributed by atoms with Crippen molar-refractivity contribution in [2.75, 3.05) is 19.7 Å². The molecular weight excluding hydrogens is 204 g/mol. The summed E-state index contributed by atoms with van der Waals surface area (Å²) in [6, 6.07) is 0. The Balaban J connectivity index is 2.66. The Labute approximate surface area is 85.3 Å². The van der Waals surface area contributed by atoms with E-state index < -0.39 is 15.7 Å². The molecule has 1 aliphatic carbocycles. The Morgan fingerprint density at radius 2 is 1.86 bits per heavy atom. The van der Waals surface area contributed by atoms with Crippen molar-refractivity contribution in [3.05, 3.63) is 0 Å². The molecule has 0 aromatic heterocycles. The van der Waals surface area contributed by atoms with E-state index in [2.05, 4.69) is 4.72 Å². The third-order valence-electron chi connectivity index (χ3n) is 2.55. The van der Waals surface area contributed by atoms with Crippen LogP contribution in [0.25, 0.3) is 0 Å². The Morgan fingerprint density at radius 1 is 1.36 bits per heavy atom. The summed E-state index contributed by atoms with van der Waals surface area (Å²) >= 11 is 0. The van der Waals surface area contributed by atoms with Gasteiger partial charge in [-0.05, 0) is 12.8 Å². The van der Waals surface area contributed by atoms with Crippen molar-refractivity contribution in [2.45, 2.75) is 32.2 Å². The van der Waals surface area contributed by atoms with Gasteiger partial charge in [-0.1, -0.05) is 13.8 Å². The molecule has 5 nitrogen and oxygen atoms in total. The van der Waals surface area contributed by atoms with Gasteiger partial charge >= 0.3 is 0 Å². The maximum atomic E-state index is 11.7. The van der Waals surface area contributed by atoms with Crippen LogP contribution in [-0.2, 0) is 10.2 Å². The lowest BCUT2D eigenvalue weighted by atomic mass is 10.3. The second kappa shape index (κ2) is 4.14. The van der Waals surface area contributed by atoms with Crippen LogP contribution in [0.5, 0.6) is 0 Å². The lowest BCUT2D eigenvalue weighted by Gasteiger charge is -2.22. The van der Waals surface area contributed by atoms with E-state index in [0.717, 1.165) is 12.8 Å². The van der Waals surface area contributed by atoms with Gasteiger partial charge in [0.15, 0.2) is 0 Å². The van der Waals surface area contributed by atoms with Crippen molar-refractivity contribution in [2.24, 2.45) is 0 Å². The van der Waals surface area contributed by atoms with Gasteiger partial charge in [0.25, 0.3) is 10.2 Å². The highest BCUT2D eigenvalue weighted by Gasteiger charge is 2.46. The molecule has 0 aliphatic heterocycles. The van der Waals surface area contributed by atoms with Gasteiger partial charge in [0.2, 0.25) is 0 Å². The maximum Gasteiger partial charge on any atom is 0.280 e. The van der Waals surface area contributed by atoms with Crippen LogP contribution in [0.1, 0.15) is 26.7 Å². The summed E-state index contributed by atoms with van der Waals surface area (Å²) in [6.45, 7) is 4.37. The van der Waals surface area contributed by atoms with E-state index in [4.69, 9.17) is 5.11 Å². The average Bonchev–Trinajstić information content (AvgIpc) is 2.86. The summed E-state index contributed by atoms with van der Waals surface area (Å²) in [5.41, 5.74) is -0.568. The molecule has 0 atom stereocenters. The van der Waals surface area contributed by atoms with E-state index in [0.29, 0.717) is 13.1 Å². The molecule has 1 aliphatic rings. The summed E-state index contributed by atoms with van der Waals surface area (Å²) in [4.78, 5) is 0. The van der Waals surface area contributed by atoms with Crippen molar-refractivity contribution in [3.8, 4) is 0 Å². The summed E-state index contributed by atoms with van der Waals surface area (Å²) < 4.78 is 27.3. The second-order valence-electron chi connectivity index (χ2n) is 3.63. The summed E-state index contributed by atoms with van der Waals surface area (Å²) in [7, 11) is -3.41. The zero-order valence-electron chi connectivity index (χ0n) is 8.65. The molecule has 1 saturated carbocycles. The number of rotatable bonds is 6. The first-order valence-electron chi connectivity index (χ1n) is 4.89. The third kappa shape index (κ3) is 2.44. The molecule has 84 valence electrons. The first-order valence-corrected chi connectivity index (χ1v) is 6.33. The number of nitrogens with zero attached hydrogens (tertiary/aromatic N) is 1. The van der Waals surface area contributed by atoms with Gasteiger partial charge in [0, 0.05) is 13.1 Å². The Hall–Kier alpha value is -0.170. The fourth-order valence-corrected chi connectivity index (χ4v) is 2.97. The van der Waals surface area contributed by atoms with E-state index in [1.165, 1.54) is 4.31 Å². The molecule has 0 aromatic rings. The van der Waals surface area contributed by atoms with Gasteiger partial charge in [0.05, 0.1) is 12.1 Å². The van der Waals surface area contributed by atoms with E-state index in [-0.39, 0.29) is 6.61 Å². The standard InChI is InChI=1S/C8H18N2O3S/c1-3-10(4-2)14(12,13)9-8(7-11)5-6-8/h9,11H,3-7H2,1-2H3. The minimum Gasteiger partial charge on any atom is -0.394 e. The highest BCUT2D eigenvalue weighted by Crippen LogP contribution is 2.35. The predicted molar refractivity (Wildman–Crippen MR) is 54.0 cm³/mol. The maximum absolute atomic E-state index is 11.7. The summed E-state index contributed by atoms with van der Waals surface area (Å²) in [5, 5.41) is 9.00. The minimum atomic E-state index is -3.41. The first kappa shape index (κ1) is 11.9. The Morgan fingerprint density at radius 3 is 2.14 bits per heavy atom. The molecule has 0 spiro atoms. The van der Waals surface area contributed by atoms with Gasteiger partial charge in [-0.2, -0.15) is 17.4 Å². The topological polar surface area (TPSA) is 69.6 Å². The molecule has 0 aromatic carbocycles. The molecule has 0 amide bonds. The average molecular weight is 222 g/mol. The van der Waals surface area contributed by atoms with Crippen LogP contribution >= 0.6 is 0 Å². The SMILES string of the molecule is CCN(CC)S(=O)(=O)NC1(CO)CC1. The van der Waals surface area contributed by atoms with Crippen molar-refractivity contribution < 1.29 is 13.5 Å². The van der Waals surface area contributed by atoms with Crippen molar-refractivity contribution in [1.29, 1.82) is 0 Å². The monoisotopic (exact) mass is 222 g/mol. The quantitative estimate of drug-likeness (QED) is 0.647. The molecule has 1 fully saturated rings. The smallest absolute Gasteiger partial charge is 0.280 e. The molecule has 0 unspecified atom stereocenters. The van der Waals surface area contributed by atoms with Crippen molar-refractivity contribution >= 4 is 10.2 Å². The number of nitrogens with one attached hydrogen (secondary N) is 1. The molecule has 0 bridgehead atoms. The van der Waals surface area contributed by atoms with E-state index in [9.17, 15) is 8.42 Å². The fraction of sp³-hybridized carbons (Fsp3) is 1.00. The normalized spacial score (nSPS) is 20.0. The fourth-order valence-electron chi connectivity index (χ4n) is 1.35. The molecule has 6 heteroatoms. The lowest BCUT2D eigenvalue weighted by Crippen LogP contribution is -2.47. The predicted octanol–water partition coefficient (Wildman–Crippen LogP) is -0.313. The van der Waals surface area contributed by atoms with Gasteiger partial charge < -0.3 is 5.11 Å². The molecule has 2 N–H and O–H groups in total. The van der Waals surface area contributed by atoms with Crippen LogP contribution in [0.15, 0.2) is 0 Å². The van der Waals surface area contributed by atoms with Crippen LogP contribution < -0.4 is 4.72 Å². The van der Waals surface area contributed by atoms with Crippen molar-refractivity contribution in [1.82, 2.24) is 9.03 Å². The molecule has 0 saturated heterocycles. The van der Waals surface area contributed by atoms with E-state index >= 15 is 0 Å². The zero-order chi connectivity index (χ0) is 10.8. The van der Waals surface area contributed by atoms with Crippen LogP contribution in [-0.4, -0.2) is 43.1 Å². The molecule has 0 radical (unpaired) electrons. The molecular formula is C8H18N2O3S. The molecule has 0 heterocycles. The first-order chi connectivity index (χ1) is 6.49. The van der Waals surface area contributed by atoms with Crippen LogP contribution in [0.4, 0.5) is 0 Å². The third-order valence-corrected chi connectivity index (χ3v) is 4.43. The molecule has 14 heavy (non-hydrogen) atoms. The van der Waals surface area contributed by atoms with Gasteiger partial charge in [-0.25, -0.2) is 0 Å². The zero-order valence-corrected chi connectivity index (χ0v) is 9.47. The number of hydrogen-bond acceptors (Lipinski definition) is 3. The Kier molecular flexibility index (Phi) is 3.52.